The molecule has 0 radical (unpaired) electrons. The fourth-order valence-electron chi connectivity index (χ4n) is 2.51. The van der Waals surface area contributed by atoms with E-state index in [1.54, 1.807) is 0 Å². The molecule has 4 N–H and O–H groups in total. The highest BCUT2D eigenvalue weighted by Gasteiger charge is 2.21. The van der Waals surface area contributed by atoms with Crippen molar-refractivity contribution in [3.05, 3.63) is 0 Å². The van der Waals surface area contributed by atoms with Gasteiger partial charge in [-0.05, 0) is 32.2 Å². The molecule has 1 aliphatic rings. The monoisotopic (exact) mass is 227 g/mol. The third kappa shape index (κ3) is 4.94. The number of aliphatic hydroxyl groups is 1. The topological polar surface area (TPSA) is 73.3 Å². The molecule has 0 aromatic heterocycles. The van der Waals surface area contributed by atoms with Gasteiger partial charge in [0, 0.05) is 19.0 Å². The number of nitrogens with two attached hydrogens (primary N) is 1. The molecule has 1 aliphatic carbocycles. The second-order valence-corrected chi connectivity index (χ2v) is 4.68. The highest BCUT2D eigenvalue weighted by atomic mass is 16.3. The summed E-state index contributed by atoms with van der Waals surface area (Å²) in [6.45, 7) is 2.09. The van der Waals surface area contributed by atoms with E-state index in [9.17, 15) is 0 Å². The van der Waals surface area contributed by atoms with Gasteiger partial charge in [0.25, 0.3) is 0 Å². The molecule has 16 heavy (non-hydrogen) atoms. The summed E-state index contributed by atoms with van der Waals surface area (Å²) in [5.41, 5.74) is 5.32. The number of aliphatic hydroxyl groups excluding tert-OH is 1. The van der Waals surface area contributed by atoms with Crippen LogP contribution < -0.4 is 5.73 Å². The number of hydrogen-bond acceptors (Lipinski definition) is 3. The first-order valence-electron chi connectivity index (χ1n) is 6.42. The zero-order valence-corrected chi connectivity index (χ0v) is 10.1. The Labute approximate surface area is 98.3 Å². The van der Waals surface area contributed by atoms with Crippen LogP contribution >= 0.6 is 0 Å². The zero-order valence-electron chi connectivity index (χ0n) is 10.1. The molecule has 94 valence electrons. The van der Waals surface area contributed by atoms with E-state index in [2.05, 4.69) is 4.90 Å². The van der Waals surface area contributed by atoms with Crippen molar-refractivity contribution in [3.63, 3.8) is 0 Å². The molecule has 1 fully saturated rings. The SMILES string of the molecule is N=C(N)CCCCN(CCO)C1CCCC1. The number of amidine groups is 1. The Morgan fingerprint density at radius 2 is 1.94 bits per heavy atom. The van der Waals surface area contributed by atoms with E-state index < -0.39 is 0 Å². The van der Waals surface area contributed by atoms with Gasteiger partial charge in [0.2, 0.25) is 0 Å². The largest absolute Gasteiger partial charge is 0.395 e. The van der Waals surface area contributed by atoms with E-state index in [4.69, 9.17) is 16.2 Å². The normalized spacial score (nSPS) is 17.1. The number of nitrogens with one attached hydrogen (secondary N) is 1. The van der Waals surface area contributed by atoms with Crippen LogP contribution in [0.1, 0.15) is 44.9 Å². The van der Waals surface area contributed by atoms with E-state index in [1.165, 1.54) is 25.7 Å². The van der Waals surface area contributed by atoms with Gasteiger partial charge in [-0.2, -0.15) is 0 Å². The Balaban J connectivity index is 2.19. The Hall–Kier alpha value is -0.610. The van der Waals surface area contributed by atoms with Crippen LogP contribution in [0.5, 0.6) is 0 Å². The lowest BCUT2D eigenvalue weighted by atomic mass is 10.1. The summed E-state index contributed by atoms with van der Waals surface area (Å²) in [6, 6.07) is 0.685. The van der Waals surface area contributed by atoms with Crippen LogP contribution in [-0.4, -0.2) is 41.6 Å². The lowest BCUT2D eigenvalue weighted by Crippen LogP contribution is -2.36. The van der Waals surface area contributed by atoms with Crippen molar-refractivity contribution in [1.82, 2.24) is 4.90 Å². The first-order chi connectivity index (χ1) is 7.74. The van der Waals surface area contributed by atoms with Gasteiger partial charge in [-0.15, -0.1) is 0 Å². The average molecular weight is 227 g/mol. The molecule has 0 aromatic rings. The second-order valence-electron chi connectivity index (χ2n) is 4.68. The van der Waals surface area contributed by atoms with E-state index in [1.807, 2.05) is 0 Å². The molecule has 0 atom stereocenters. The van der Waals surface area contributed by atoms with Gasteiger partial charge >= 0.3 is 0 Å². The molecule has 0 unspecified atom stereocenters. The highest BCUT2D eigenvalue weighted by Crippen LogP contribution is 2.23. The Bertz CT molecular complexity index is 202. The van der Waals surface area contributed by atoms with Crippen molar-refractivity contribution in [1.29, 1.82) is 5.41 Å². The van der Waals surface area contributed by atoms with Crippen LogP contribution in [0, 0.1) is 5.41 Å². The highest BCUT2D eigenvalue weighted by molar-refractivity contribution is 5.76. The summed E-state index contributed by atoms with van der Waals surface area (Å²) >= 11 is 0. The third-order valence-corrected chi connectivity index (χ3v) is 3.37. The van der Waals surface area contributed by atoms with Crippen molar-refractivity contribution >= 4 is 5.84 Å². The lowest BCUT2D eigenvalue weighted by molar-refractivity contribution is 0.149. The van der Waals surface area contributed by atoms with Gasteiger partial charge in [-0.1, -0.05) is 12.8 Å². The molecule has 0 amide bonds. The number of unbranched alkanes of at least 4 members (excludes halogenated alkanes) is 1. The molecule has 0 saturated heterocycles. The first kappa shape index (κ1) is 13.5. The first-order valence-corrected chi connectivity index (χ1v) is 6.42. The Morgan fingerprint density at radius 1 is 1.25 bits per heavy atom. The maximum absolute atomic E-state index is 9.05. The van der Waals surface area contributed by atoms with Gasteiger partial charge in [-0.3, -0.25) is 10.3 Å². The summed E-state index contributed by atoms with van der Waals surface area (Å²) in [6.07, 6.45) is 8.01. The van der Waals surface area contributed by atoms with E-state index >= 15 is 0 Å². The van der Waals surface area contributed by atoms with Crippen LogP contribution in [0.15, 0.2) is 0 Å². The third-order valence-electron chi connectivity index (χ3n) is 3.37. The zero-order chi connectivity index (χ0) is 11.8. The second kappa shape index (κ2) is 7.63. The van der Waals surface area contributed by atoms with Crippen LogP contribution in [0.2, 0.25) is 0 Å². The van der Waals surface area contributed by atoms with Gasteiger partial charge in [-0.25, -0.2) is 0 Å². The van der Waals surface area contributed by atoms with Crippen molar-refractivity contribution in [3.8, 4) is 0 Å². The van der Waals surface area contributed by atoms with Gasteiger partial charge in [0.05, 0.1) is 12.4 Å². The summed E-state index contributed by atoms with van der Waals surface area (Å²) in [5.74, 6) is 0.287. The summed E-state index contributed by atoms with van der Waals surface area (Å²) < 4.78 is 0. The van der Waals surface area contributed by atoms with Crippen LogP contribution in [0.3, 0.4) is 0 Å². The summed E-state index contributed by atoms with van der Waals surface area (Å²) in [5, 5.41) is 16.2. The number of nitrogens with zero attached hydrogens (tertiary/aromatic N) is 1. The van der Waals surface area contributed by atoms with Gasteiger partial charge in [0.15, 0.2) is 0 Å². The molecule has 0 heterocycles. The average Bonchev–Trinajstić information content (AvgIpc) is 2.75. The maximum atomic E-state index is 9.05. The van der Waals surface area contributed by atoms with Gasteiger partial charge in [0.1, 0.15) is 0 Å². The van der Waals surface area contributed by atoms with E-state index in [0.717, 1.165) is 25.9 Å². The van der Waals surface area contributed by atoms with Crippen molar-refractivity contribution in [2.75, 3.05) is 19.7 Å². The maximum Gasteiger partial charge on any atom is 0.0905 e. The van der Waals surface area contributed by atoms with E-state index in [-0.39, 0.29) is 12.4 Å². The molecule has 0 aromatic carbocycles. The quantitative estimate of drug-likeness (QED) is 0.333. The minimum atomic E-state index is 0.253. The number of rotatable bonds is 8. The molecule has 0 bridgehead atoms. The standard InChI is InChI=1S/C12H25N3O/c13-12(14)7-3-4-8-15(9-10-16)11-5-1-2-6-11/h11,16H,1-10H2,(H3,13,14). The smallest absolute Gasteiger partial charge is 0.0905 e. The van der Waals surface area contributed by atoms with Crippen LogP contribution in [0.4, 0.5) is 0 Å². The molecule has 1 rings (SSSR count). The molecule has 0 spiro atoms. The van der Waals surface area contributed by atoms with Crippen molar-refractivity contribution in [2.24, 2.45) is 5.73 Å². The Morgan fingerprint density at radius 3 is 2.50 bits per heavy atom. The predicted octanol–water partition coefficient (Wildman–Crippen LogP) is 1.33. The molecular formula is C12H25N3O. The van der Waals surface area contributed by atoms with E-state index in [0.29, 0.717) is 12.5 Å². The minimum absolute atomic E-state index is 0.253. The molecule has 1 saturated carbocycles. The molecular weight excluding hydrogens is 202 g/mol. The molecule has 0 aliphatic heterocycles. The fourth-order valence-corrected chi connectivity index (χ4v) is 2.51. The summed E-state index contributed by atoms with van der Waals surface area (Å²) in [7, 11) is 0. The predicted molar refractivity (Wildman–Crippen MR) is 66.7 cm³/mol. The Kier molecular flexibility index (Phi) is 6.42. The summed E-state index contributed by atoms with van der Waals surface area (Å²) in [4.78, 5) is 2.41. The van der Waals surface area contributed by atoms with Crippen molar-refractivity contribution in [2.45, 2.75) is 51.0 Å². The molecule has 4 heteroatoms. The fraction of sp³-hybridized carbons (Fsp3) is 0.917. The molecule has 4 nitrogen and oxygen atoms in total. The van der Waals surface area contributed by atoms with Crippen LogP contribution in [0.25, 0.3) is 0 Å². The van der Waals surface area contributed by atoms with Crippen LogP contribution in [-0.2, 0) is 0 Å². The van der Waals surface area contributed by atoms with Gasteiger partial charge < -0.3 is 10.8 Å². The lowest BCUT2D eigenvalue weighted by Gasteiger charge is -2.27. The van der Waals surface area contributed by atoms with Crippen molar-refractivity contribution < 1.29 is 5.11 Å². The minimum Gasteiger partial charge on any atom is -0.395 e. The number of hydrogen-bond donors (Lipinski definition) is 3.